The number of aliphatic hydroxyl groups is 1. The topological polar surface area (TPSA) is 52.5 Å². The van der Waals surface area contributed by atoms with Gasteiger partial charge in [-0.1, -0.05) is 29.8 Å². The van der Waals surface area contributed by atoms with Crippen molar-refractivity contribution in [3.8, 4) is 11.1 Å². The molecule has 1 N–H and O–H groups in total. The Morgan fingerprint density at radius 3 is 2.58 bits per heavy atom. The molecule has 1 fully saturated rings. The molecule has 0 amide bonds. The van der Waals surface area contributed by atoms with Crippen molar-refractivity contribution < 1.29 is 5.11 Å². The summed E-state index contributed by atoms with van der Waals surface area (Å²) < 4.78 is 0. The Labute approximate surface area is 157 Å². The summed E-state index contributed by atoms with van der Waals surface area (Å²) in [6.45, 7) is 7.28. The summed E-state index contributed by atoms with van der Waals surface area (Å²) in [6.07, 6.45) is 2.53. The molecule has 26 heavy (non-hydrogen) atoms. The summed E-state index contributed by atoms with van der Waals surface area (Å²) in [4.78, 5) is 15.0. The van der Waals surface area contributed by atoms with Gasteiger partial charge in [0.15, 0.2) is 0 Å². The van der Waals surface area contributed by atoms with Gasteiger partial charge in [-0.2, -0.15) is 0 Å². The lowest BCUT2D eigenvalue weighted by atomic mass is 10.0. The summed E-state index contributed by atoms with van der Waals surface area (Å²) in [6, 6.07) is 8.67. The zero-order chi connectivity index (χ0) is 17.9. The predicted molar refractivity (Wildman–Crippen MR) is 108 cm³/mol. The molecule has 1 aliphatic rings. The highest BCUT2D eigenvalue weighted by molar-refractivity contribution is 7.17. The van der Waals surface area contributed by atoms with Gasteiger partial charge in [-0.25, -0.2) is 9.97 Å². The summed E-state index contributed by atoms with van der Waals surface area (Å²) in [7, 11) is 0. The molecule has 5 nitrogen and oxygen atoms in total. The van der Waals surface area contributed by atoms with Gasteiger partial charge < -0.3 is 10.0 Å². The molecule has 0 bridgehead atoms. The molecule has 2 aromatic heterocycles. The van der Waals surface area contributed by atoms with E-state index in [0.29, 0.717) is 0 Å². The molecule has 1 aliphatic heterocycles. The van der Waals surface area contributed by atoms with Gasteiger partial charge in [-0.3, -0.25) is 4.90 Å². The molecule has 136 valence electrons. The Balaban J connectivity index is 1.64. The van der Waals surface area contributed by atoms with Crippen LogP contribution in [-0.2, 0) is 0 Å². The minimum Gasteiger partial charge on any atom is -0.396 e. The van der Waals surface area contributed by atoms with E-state index < -0.39 is 0 Å². The third-order valence-corrected chi connectivity index (χ3v) is 5.90. The third kappa shape index (κ3) is 3.45. The lowest BCUT2D eigenvalue weighted by Gasteiger charge is -2.35. The minimum atomic E-state index is 0.265. The van der Waals surface area contributed by atoms with E-state index in [0.717, 1.165) is 49.8 Å². The second-order valence-electron chi connectivity index (χ2n) is 6.80. The monoisotopic (exact) mass is 368 g/mol. The van der Waals surface area contributed by atoms with Crippen LogP contribution in [0.1, 0.15) is 12.0 Å². The Kier molecular flexibility index (Phi) is 5.15. The highest BCUT2D eigenvalue weighted by Crippen LogP contribution is 2.38. The van der Waals surface area contributed by atoms with E-state index in [9.17, 15) is 0 Å². The molecule has 0 atom stereocenters. The Bertz CT molecular complexity index is 869. The van der Waals surface area contributed by atoms with E-state index in [1.165, 1.54) is 22.1 Å². The SMILES string of the molecule is Cc1ccc(-c2csc3ncnc(N4CCN(CCCO)CC4)c23)cc1. The van der Waals surface area contributed by atoms with Crippen LogP contribution in [-0.4, -0.2) is 59.3 Å². The predicted octanol–water partition coefficient (Wildman–Crippen LogP) is 3.17. The van der Waals surface area contributed by atoms with Gasteiger partial charge in [0, 0.05) is 50.3 Å². The van der Waals surface area contributed by atoms with Crippen LogP contribution in [0.3, 0.4) is 0 Å². The van der Waals surface area contributed by atoms with Crippen molar-refractivity contribution in [2.75, 3.05) is 44.2 Å². The Morgan fingerprint density at radius 2 is 1.85 bits per heavy atom. The second kappa shape index (κ2) is 7.70. The van der Waals surface area contributed by atoms with E-state index in [1.807, 2.05) is 0 Å². The molecule has 0 saturated carbocycles. The number of aliphatic hydroxyl groups excluding tert-OH is 1. The highest BCUT2D eigenvalue weighted by atomic mass is 32.1. The maximum Gasteiger partial charge on any atom is 0.141 e. The van der Waals surface area contributed by atoms with E-state index in [4.69, 9.17) is 5.11 Å². The van der Waals surface area contributed by atoms with Crippen molar-refractivity contribution in [2.24, 2.45) is 0 Å². The van der Waals surface area contributed by atoms with Crippen LogP contribution in [0.5, 0.6) is 0 Å². The lowest BCUT2D eigenvalue weighted by Crippen LogP contribution is -2.47. The van der Waals surface area contributed by atoms with Gasteiger partial charge in [0.2, 0.25) is 0 Å². The number of rotatable bonds is 5. The number of piperazine rings is 1. The van der Waals surface area contributed by atoms with Crippen LogP contribution >= 0.6 is 11.3 Å². The average Bonchev–Trinajstić information content (AvgIpc) is 3.12. The summed E-state index contributed by atoms with van der Waals surface area (Å²) >= 11 is 1.69. The van der Waals surface area contributed by atoms with Crippen LogP contribution in [0.15, 0.2) is 36.0 Å². The number of hydrogen-bond acceptors (Lipinski definition) is 6. The first-order chi connectivity index (χ1) is 12.8. The molecule has 6 heteroatoms. The zero-order valence-corrected chi connectivity index (χ0v) is 15.9. The number of hydrogen-bond donors (Lipinski definition) is 1. The van der Waals surface area contributed by atoms with Crippen molar-refractivity contribution in [3.05, 3.63) is 41.5 Å². The molecule has 0 spiro atoms. The molecule has 3 aromatic rings. The first-order valence-electron chi connectivity index (χ1n) is 9.13. The largest absolute Gasteiger partial charge is 0.396 e. The standard InChI is InChI=1S/C20H24N4OS/c1-15-3-5-16(6-4-15)17-13-26-20-18(17)19(21-14-22-20)24-10-8-23(9-11-24)7-2-12-25/h3-6,13-14,25H,2,7-12H2,1H3. The number of nitrogens with zero attached hydrogens (tertiary/aromatic N) is 4. The maximum absolute atomic E-state index is 9.02. The number of aryl methyl sites for hydroxylation is 1. The fraction of sp³-hybridized carbons (Fsp3) is 0.400. The quantitative estimate of drug-likeness (QED) is 0.750. The molecule has 0 aliphatic carbocycles. The second-order valence-corrected chi connectivity index (χ2v) is 7.66. The average molecular weight is 369 g/mol. The normalized spacial score (nSPS) is 15.7. The van der Waals surface area contributed by atoms with E-state index in [-0.39, 0.29) is 6.61 Å². The van der Waals surface area contributed by atoms with Gasteiger partial charge in [0.25, 0.3) is 0 Å². The van der Waals surface area contributed by atoms with Crippen LogP contribution in [0.2, 0.25) is 0 Å². The first-order valence-corrected chi connectivity index (χ1v) is 10.0. The van der Waals surface area contributed by atoms with Crippen LogP contribution in [0.4, 0.5) is 5.82 Å². The van der Waals surface area contributed by atoms with Crippen molar-refractivity contribution in [1.82, 2.24) is 14.9 Å². The Morgan fingerprint density at radius 1 is 1.08 bits per heavy atom. The van der Waals surface area contributed by atoms with Gasteiger partial charge in [-0.15, -0.1) is 11.3 Å². The number of fused-ring (bicyclic) bond motifs is 1. The minimum absolute atomic E-state index is 0.265. The molecule has 3 heterocycles. The lowest BCUT2D eigenvalue weighted by molar-refractivity contribution is 0.216. The number of thiophene rings is 1. The van der Waals surface area contributed by atoms with Gasteiger partial charge in [0.1, 0.15) is 17.0 Å². The summed E-state index contributed by atoms with van der Waals surface area (Å²) in [5, 5.41) is 12.4. The van der Waals surface area contributed by atoms with Gasteiger partial charge in [-0.05, 0) is 18.9 Å². The molecule has 1 saturated heterocycles. The van der Waals surface area contributed by atoms with Gasteiger partial charge >= 0.3 is 0 Å². The molecule has 0 radical (unpaired) electrons. The number of benzene rings is 1. The first kappa shape index (κ1) is 17.4. The molecular weight excluding hydrogens is 344 g/mol. The molecule has 0 unspecified atom stereocenters. The van der Waals surface area contributed by atoms with E-state index in [1.54, 1.807) is 17.7 Å². The van der Waals surface area contributed by atoms with Crippen molar-refractivity contribution in [1.29, 1.82) is 0 Å². The fourth-order valence-electron chi connectivity index (χ4n) is 3.52. The van der Waals surface area contributed by atoms with Gasteiger partial charge in [0.05, 0.1) is 5.39 Å². The van der Waals surface area contributed by atoms with Crippen LogP contribution < -0.4 is 4.90 Å². The third-order valence-electron chi connectivity index (χ3n) is 5.02. The van der Waals surface area contributed by atoms with Crippen LogP contribution in [0.25, 0.3) is 21.3 Å². The molecule has 4 rings (SSSR count). The van der Waals surface area contributed by atoms with E-state index in [2.05, 4.69) is 56.3 Å². The smallest absolute Gasteiger partial charge is 0.141 e. The van der Waals surface area contributed by atoms with Crippen molar-refractivity contribution in [2.45, 2.75) is 13.3 Å². The van der Waals surface area contributed by atoms with E-state index >= 15 is 0 Å². The van der Waals surface area contributed by atoms with Crippen molar-refractivity contribution >= 4 is 27.4 Å². The number of aromatic nitrogens is 2. The van der Waals surface area contributed by atoms with Crippen LogP contribution in [0, 0.1) is 6.92 Å². The molecular formula is C20H24N4OS. The number of anilines is 1. The highest BCUT2D eigenvalue weighted by Gasteiger charge is 2.22. The zero-order valence-electron chi connectivity index (χ0n) is 15.1. The summed E-state index contributed by atoms with van der Waals surface area (Å²) in [5.74, 6) is 1.05. The maximum atomic E-state index is 9.02. The summed E-state index contributed by atoms with van der Waals surface area (Å²) in [5.41, 5.74) is 3.71. The van der Waals surface area contributed by atoms with Crippen molar-refractivity contribution in [3.63, 3.8) is 0 Å². The Hall–Kier alpha value is -2.02. The fourth-order valence-corrected chi connectivity index (χ4v) is 4.43. The molecule has 1 aromatic carbocycles.